The van der Waals surface area contributed by atoms with Gasteiger partial charge in [-0.2, -0.15) is 0 Å². The van der Waals surface area contributed by atoms with Crippen LogP contribution in [0.3, 0.4) is 0 Å². The molecule has 0 radical (unpaired) electrons. The largest absolute Gasteiger partial charge is 0.399 e. The standard InChI is InChI=1S/C18H15N3/c19-15-6-5-13-8-10-21(18(13)11-15)12-14-7-9-20-17-4-2-1-3-16(14)17/h1-11H,12,19H2. The number of fused-ring (bicyclic) bond motifs is 2. The van der Waals surface area contributed by atoms with Gasteiger partial charge in [-0.05, 0) is 41.3 Å². The van der Waals surface area contributed by atoms with Gasteiger partial charge >= 0.3 is 0 Å². The molecule has 0 saturated carbocycles. The van der Waals surface area contributed by atoms with Crippen molar-refractivity contribution in [2.24, 2.45) is 0 Å². The van der Waals surface area contributed by atoms with E-state index in [4.69, 9.17) is 5.73 Å². The van der Waals surface area contributed by atoms with E-state index in [1.165, 1.54) is 16.3 Å². The fourth-order valence-electron chi connectivity index (χ4n) is 2.82. The Hall–Kier alpha value is -2.81. The molecule has 102 valence electrons. The molecule has 4 aromatic rings. The van der Waals surface area contributed by atoms with Crippen LogP contribution in [0.25, 0.3) is 21.8 Å². The van der Waals surface area contributed by atoms with Crippen molar-refractivity contribution in [2.75, 3.05) is 5.73 Å². The van der Waals surface area contributed by atoms with E-state index < -0.39 is 0 Å². The summed E-state index contributed by atoms with van der Waals surface area (Å²) in [5, 5.41) is 2.41. The number of benzene rings is 2. The molecule has 21 heavy (non-hydrogen) atoms. The van der Waals surface area contributed by atoms with Crippen LogP contribution in [0.5, 0.6) is 0 Å². The van der Waals surface area contributed by atoms with Gasteiger partial charge in [0.15, 0.2) is 0 Å². The number of nitrogens with zero attached hydrogens (tertiary/aromatic N) is 2. The summed E-state index contributed by atoms with van der Waals surface area (Å²) in [5.41, 5.74) is 10.2. The highest BCUT2D eigenvalue weighted by molar-refractivity contribution is 5.84. The van der Waals surface area contributed by atoms with E-state index in [9.17, 15) is 0 Å². The van der Waals surface area contributed by atoms with Crippen LogP contribution in [0, 0.1) is 0 Å². The molecule has 0 aliphatic rings. The molecule has 0 atom stereocenters. The maximum atomic E-state index is 5.91. The predicted molar refractivity (Wildman–Crippen MR) is 87.2 cm³/mol. The summed E-state index contributed by atoms with van der Waals surface area (Å²) >= 11 is 0. The number of hydrogen-bond acceptors (Lipinski definition) is 2. The second-order valence-electron chi connectivity index (χ2n) is 5.25. The first kappa shape index (κ1) is 12.0. The van der Waals surface area contributed by atoms with Crippen molar-refractivity contribution in [3.8, 4) is 0 Å². The smallest absolute Gasteiger partial charge is 0.0705 e. The SMILES string of the molecule is Nc1ccc2ccn(Cc3ccnc4ccccc34)c2c1. The zero-order valence-corrected chi connectivity index (χ0v) is 11.5. The molecular formula is C18H15N3. The fourth-order valence-corrected chi connectivity index (χ4v) is 2.82. The molecule has 0 amide bonds. The van der Waals surface area contributed by atoms with Crippen LogP contribution < -0.4 is 5.73 Å². The number of para-hydroxylation sites is 1. The van der Waals surface area contributed by atoms with Gasteiger partial charge < -0.3 is 10.3 Å². The van der Waals surface area contributed by atoms with E-state index in [-0.39, 0.29) is 0 Å². The molecule has 2 N–H and O–H groups in total. The summed E-state index contributed by atoms with van der Waals surface area (Å²) in [5.74, 6) is 0. The van der Waals surface area contributed by atoms with E-state index >= 15 is 0 Å². The lowest BCUT2D eigenvalue weighted by molar-refractivity contribution is 0.842. The van der Waals surface area contributed by atoms with Gasteiger partial charge in [-0.1, -0.05) is 24.3 Å². The minimum atomic E-state index is 0.794. The number of anilines is 1. The Kier molecular flexibility index (Phi) is 2.64. The number of rotatable bonds is 2. The first-order valence-electron chi connectivity index (χ1n) is 6.98. The highest BCUT2D eigenvalue weighted by Gasteiger charge is 2.05. The summed E-state index contributed by atoms with van der Waals surface area (Å²) in [4.78, 5) is 4.42. The minimum Gasteiger partial charge on any atom is -0.399 e. The monoisotopic (exact) mass is 273 g/mol. The molecule has 0 aliphatic carbocycles. The van der Waals surface area contributed by atoms with Crippen molar-refractivity contribution in [1.82, 2.24) is 9.55 Å². The van der Waals surface area contributed by atoms with Crippen LogP contribution in [0.1, 0.15) is 5.56 Å². The van der Waals surface area contributed by atoms with Crippen molar-refractivity contribution >= 4 is 27.5 Å². The maximum Gasteiger partial charge on any atom is 0.0705 e. The lowest BCUT2D eigenvalue weighted by Crippen LogP contribution is -1.99. The van der Waals surface area contributed by atoms with Crippen LogP contribution in [0.2, 0.25) is 0 Å². The van der Waals surface area contributed by atoms with E-state index in [0.717, 1.165) is 23.3 Å². The molecule has 0 spiro atoms. The summed E-state index contributed by atoms with van der Waals surface area (Å²) in [6.07, 6.45) is 3.98. The van der Waals surface area contributed by atoms with Gasteiger partial charge in [-0.3, -0.25) is 4.98 Å². The molecule has 3 nitrogen and oxygen atoms in total. The van der Waals surface area contributed by atoms with Crippen LogP contribution in [0.15, 0.2) is 67.0 Å². The highest BCUT2D eigenvalue weighted by atomic mass is 15.0. The molecule has 0 bridgehead atoms. The number of nitrogen functional groups attached to an aromatic ring is 1. The Bertz CT molecular complexity index is 932. The zero-order chi connectivity index (χ0) is 14.2. The molecular weight excluding hydrogens is 258 g/mol. The van der Waals surface area contributed by atoms with Crippen molar-refractivity contribution < 1.29 is 0 Å². The molecule has 2 aromatic heterocycles. The van der Waals surface area contributed by atoms with Gasteiger partial charge in [0.1, 0.15) is 0 Å². The summed E-state index contributed by atoms with van der Waals surface area (Å²) in [6.45, 7) is 0.815. The van der Waals surface area contributed by atoms with Crippen molar-refractivity contribution in [3.63, 3.8) is 0 Å². The van der Waals surface area contributed by atoms with E-state index in [2.05, 4.69) is 46.1 Å². The average Bonchev–Trinajstić information content (AvgIpc) is 2.90. The van der Waals surface area contributed by atoms with Gasteiger partial charge in [0, 0.05) is 30.0 Å². The van der Waals surface area contributed by atoms with Gasteiger partial charge in [-0.25, -0.2) is 0 Å². The number of aromatic nitrogens is 2. The number of pyridine rings is 1. The lowest BCUT2D eigenvalue weighted by Gasteiger charge is -2.09. The van der Waals surface area contributed by atoms with Crippen LogP contribution >= 0.6 is 0 Å². The van der Waals surface area contributed by atoms with E-state index in [1.807, 2.05) is 30.5 Å². The van der Waals surface area contributed by atoms with Crippen molar-refractivity contribution in [3.05, 3.63) is 72.6 Å². The van der Waals surface area contributed by atoms with Gasteiger partial charge in [0.25, 0.3) is 0 Å². The third kappa shape index (κ3) is 2.03. The van der Waals surface area contributed by atoms with Gasteiger partial charge in [0.05, 0.1) is 11.0 Å². The molecule has 0 unspecified atom stereocenters. The Morgan fingerprint density at radius 3 is 2.86 bits per heavy atom. The lowest BCUT2D eigenvalue weighted by atomic mass is 10.1. The first-order chi connectivity index (χ1) is 10.3. The molecule has 0 fully saturated rings. The fraction of sp³-hybridized carbons (Fsp3) is 0.0556. The molecule has 0 aliphatic heterocycles. The Morgan fingerprint density at radius 2 is 1.90 bits per heavy atom. The van der Waals surface area contributed by atoms with Crippen LogP contribution in [-0.2, 0) is 6.54 Å². The highest BCUT2D eigenvalue weighted by Crippen LogP contribution is 2.22. The molecule has 0 saturated heterocycles. The van der Waals surface area contributed by atoms with Gasteiger partial charge in [-0.15, -0.1) is 0 Å². The number of nitrogens with two attached hydrogens (primary N) is 1. The first-order valence-corrected chi connectivity index (χ1v) is 6.98. The second kappa shape index (κ2) is 4.63. The molecule has 3 heteroatoms. The van der Waals surface area contributed by atoms with E-state index in [1.54, 1.807) is 0 Å². The van der Waals surface area contributed by atoms with Crippen molar-refractivity contribution in [2.45, 2.75) is 6.54 Å². The zero-order valence-electron chi connectivity index (χ0n) is 11.5. The molecule has 4 rings (SSSR count). The third-order valence-corrected chi connectivity index (χ3v) is 3.88. The Morgan fingerprint density at radius 1 is 1.00 bits per heavy atom. The summed E-state index contributed by atoms with van der Waals surface area (Å²) in [6, 6.07) is 18.5. The number of hydrogen-bond donors (Lipinski definition) is 1. The average molecular weight is 273 g/mol. The van der Waals surface area contributed by atoms with Crippen LogP contribution in [-0.4, -0.2) is 9.55 Å². The Labute approximate surface area is 122 Å². The predicted octanol–water partition coefficient (Wildman–Crippen LogP) is 3.82. The van der Waals surface area contributed by atoms with Crippen LogP contribution in [0.4, 0.5) is 5.69 Å². The second-order valence-corrected chi connectivity index (χ2v) is 5.25. The van der Waals surface area contributed by atoms with Gasteiger partial charge in [0.2, 0.25) is 0 Å². The molecule has 2 heterocycles. The van der Waals surface area contributed by atoms with Crippen molar-refractivity contribution in [1.29, 1.82) is 0 Å². The minimum absolute atomic E-state index is 0.794. The normalized spacial score (nSPS) is 11.2. The quantitative estimate of drug-likeness (QED) is 0.564. The molecule has 2 aromatic carbocycles. The third-order valence-electron chi connectivity index (χ3n) is 3.88. The Balaban J connectivity index is 1.85. The topological polar surface area (TPSA) is 43.8 Å². The summed E-state index contributed by atoms with van der Waals surface area (Å²) in [7, 11) is 0. The maximum absolute atomic E-state index is 5.91. The summed E-state index contributed by atoms with van der Waals surface area (Å²) < 4.78 is 2.23. The van der Waals surface area contributed by atoms with E-state index in [0.29, 0.717) is 0 Å².